The molecule has 250 valence electrons. The average molecular weight is 619 g/mol. The molecule has 5 atom stereocenters. The summed E-state index contributed by atoms with van der Waals surface area (Å²) in [5.41, 5.74) is 12.0. The highest BCUT2D eigenvalue weighted by atomic mass is 16.3. The molecule has 1 aromatic carbocycles. The van der Waals surface area contributed by atoms with E-state index in [1.807, 2.05) is 47.9 Å². The van der Waals surface area contributed by atoms with Gasteiger partial charge in [0.15, 0.2) is 0 Å². The number of aliphatic hydroxyl groups is 2. The molecule has 0 spiro atoms. The summed E-state index contributed by atoms with van der Waals surface area (Å²) < 4.78 is 0. The molecule has 0 aliphatic heterocycles. The molecular formula is C39H62N4O2. The molecule has 1 heterocycles. The van der Waals surface area contributed by atoms with Gasteiger partial charge in [-0.1, -0.05) is 83.1 Å². The average Bonchev–Trinajstić information content (AvgIpc) is 3.31. The fourth-order valence-electron chi connectivity index (χ4n) is 7.38. The van der Waals surface area contributed by atoms with Crippen LogP contribution < -0.4 is 11.1 Å². The number of nitrogens with one attached hydrogen (secondary N) is 1. The van der Waals surface area contributed by atoms with Gasteiger partial charge >= 0.3 is 0 Å². The third-order valence-electron chi connectivity index (χ3n) is 9.35. The smallest absolute Gasteiger partial charge is 0.220 e. The van der Waals surface area contributed by atoms with Crippen molar-refractivity contribution in [1.29, 1.82) is 0 Å². The Morgan fingerprint density at radius 2 is 1.78 bits per heavy atom. The lowest BCUT2D eigenvalue weighted by Crippen LogP contribution is -2.48. The molecule has 0 saturated heterocycles. The maximum Gasteiger partial charge on any atom is 0.220 e. The van der Waals surface area contributed by atoms with Crippen LogP contribution in [0.25, 0.3) is 16.5 Å². The maximum absolute atomic E-state index is 12.1. The molecule has 0 amide bonds. The summed E-state index contributed by atoms with van der Waals surface area (Å²) in [7, 11) is 3.75. The largest absolute Gasteiger partial charge is 0.393 e. The van der Waals surface area contributed by atoms with E-state index in [-0.39, 0.29) is 17.4 Å². The van der Waals surface area contributed by atoms with Crippen molar-refractivity contribution in [3.05, 3.63) is 71.0 Å². The zero-order valence-electron chi connectivity index (χ0n) is 29.9. The Kier molecular flexibility index (Phi) is 15.2. The zero-order valence-corrected chi connectivity index (χ0v) is 29.9. The van der Waals surface area contributed by atoms with E-state index in [0.29, 0.717) is 11.9 Å². The van der Waals surface area contributed by atoms with Crippen LogP contribution in [-0.2, 0) is 0 Å². The van der Waals surface area contributed by atoms with Gasteiger partial charge in [-0.3, -0.25) is 0 Å². The standard InChI is InChI=1S/C27H31N3O2.C6H12.C2H7N.2C2H6/c1-26-10-9-20-13-18-14-21(31)4-2-16(18)8-11-27(20,32)24(26)7-5-22(26)17-3-6-23-19(12-17)15-29-25(28)30-23;1-4-5-6(2)3;1-3-2;2*1-2/h3,5-6,9,12-13,15-16,21,24,31-32H,2,4,7-8,10-11,14H2,1H3,(H2,28,29,30);5H,4H2,1-3H3;3H,1-2H3;2*1-2H3/t16?,21?,24?,26?,27-;;;;/m1..../s1. The molecule has 4 unspecified atom stereocenters. The van der Waals surface area contributed by atoms with Gasteiger partial charge in [0.25, 0.3) is 0 Å². The normalized spacial score (nSPS) is 27.6. The molecule has 6 rings (SSSR count). The second-order valence-electron chi connectivity index (χ2n) is 12.7. The molecule has 45 heavy (non-hydrogen) atoms. The Hall–Kier alpha value is -2.80. The fraction of sp³-hybridized carbons (Fsp3) is 0.590. The monoisotopic (exact) mass is 618 g/mol. The number of rotatable bonds is 2. The zero-order chi connectivity index (χ0) is 33.8. The van der Waals surface area contributed by atoms with E-state index >= 15 is 0 Å². The third kappa shape index (κ3) is 8.93. The second-order valence-corrected chi connectivity index (χ2v) is 12.7. The molecule has 1 fully saturated rings. The number of allylic oxidation sites excluding steroid dienone is 5. The van der Waals surface area contributed by atoms with Crippen molar-refractivity contribution in [1.82, 2.24) is 15.3 Å². The van der Waals surface area contributed by atoms with Crippen LogP contribution >= 0.6 is 0 Å². The number of fused-ring (bicyclic) bond motifs is 5. The number of nitrogen functional groups attached to an aromatic ring is 1. The topological polar surface area (TPSA) is 104 Å². The lowest BCUT2D eigenvalue weighted by molar-refractivity contribution is -0.0330. The summed E-state index contributed by atoms with van der Waals surface area (Å²) in [5.74, 6) is 0.951. The van der Waals surface area contributed by atoms with Gasteiger partial charge in [-0.05, 0) is 114 Å². The number of hydrogen-bond acceptors (Lipinski definition) is 6. The van der Waals surface area contributed by atoms with E-state index in [9.17, 15) is 10.2 Å². The number of nitrogens with zero attached hydrogens (tertiary/aromatic N) is 2. The van der Waals surface area contributed by atoms with E-state index in [1.165, 1.54) is 28.7 Å². The summed E-state index contributed by atoms with van der Waals surface area (Å²) in [5, 5.41) is 26.1. The number of hydrogen-bond donors (Lipinski definition) is 4. The van der Waals surface area contributed by atoms with Crippen LogP contribution in [-0.4, -0.2) is 46.0 Å². The first-order valence-corrected chi connectivity index (χ1v) is 17.3. The molecule has 5 N–H and O–H groups in total. The predicted octanol–water partition coefficient (Wildman–Crippen LogP) is 8.81. The summed E-state index contributed by atoms with van der Waals surface area (Å²) in [6.07, 6.45) is 18.1. The lowest BCUT2D eigenvalue weighted by Gasteiger charge is -2.48. The second kappa shape index (κ2) is 17.8. The number of benzene rings is 1. The highest BCUT2D eigenvalue weighted by molar-refractivity contribution is 5.85. The van der Waals surface area contributed by atoms with Gasteiger partial charge in [-0.2, -0.15) is 0 Å². The first-order chi connectivity index (χ1) is 21.5. The van der Waals surface area contributed by atoms with Crippen molar-refractivity contribution in [2.45, 2.75) is 118 Å². The number of nitrogens with two attached hydrogens (primary N) is 1. The Morgan fingerprint density at radius 1 is 1.09 bits per heavy atom. The van der Waals surface area contributed by atoms with Crippen LogP contribution in [0.5, 0.6) is 0 Å². The summed E-state index contributed by atoms with van der Waals surface area (Å²) in [6.45, 7) is 16.7. The van der Waals surface area contributed by atoms with Crippen molar-refractivity contribution < 1.29 is 10.2 Å². The molecule has 1 aromatic heterocycles. The quantitative estimate of drug-likeness (QED) is 0.251. The SMILES string of the molecule is CC.CC.CC12CC=C3C=C4CC(O)CCC4CC[C@]3(O)C1CC=C2c1ccc2nc(N)ncc2c1.CCC=C(C)C.CNC. The molecule has 6 heteroatoms. The van der Waals surface area contributed by atoms with E-state index in [2.05, 4.69) is 79.4 Å². The number of aromatic nitrogens is 2. The van der Waals surface area contributed by atoms with E-state index in [1.54, 1.807) is 6.20 Å². The van der Waals surface area contributed by atoms with E-state index < -0.39 is 5.60 Å². The van der Waals surface area contributed by atoms with Crippen molar-refractivity contribution in [3.8, 4) is 0 Å². The first-order valence-electron chi connectivity index (χ1n) is 17.3. The minimum atomic E-state index is -0.811. The van der Waals surface area contributed by atoms with Crippen LogP contribution in [0.2, 0.25) is 0 Å². The highest BCUT2D eigenvalue weighted by Crippen LogP contribution is 2.61. The minimum Gasteiger partial charge on any atom is -0.393 e. The van der Waals surface area contributed by atoms with Crippen LogP contribution in [0.1, 0.15) is 112 Å². The van der Waals surface area contributed by atoms with Crippen molar-refractivity contribution in [3.63, 3.8) is 0 Å². The minimum absolute atomic E-state index is 0.117. The summed E-state index contributed by atoms with van der Waals surface area (Å²) in [4.78, 5) is 8.50. The molecule has 0 radical (unpaired) electrons. The summed E-state index contributed by atoms with van der Waals surface area (Å²) >= 11 is 0. The van der Waals surface area contributed by atoms with Crippen molar-refractivity contribution >= 4 is 22.4 Å². The molecule has 4 aliphatic carbocycles. The molecular weight excluding hydrogens is 556 g/mol. The van der Waals surface area contributed by atoms with Gasteiger partial charge in [0, 0.05) is 22.9 Å². The first kappa shape index (κ1) is 38.4. The fourth-order valence-corrected chi connectivity index (χ4v) is 7.38. The van der Waals surface area contributed by atoms with Gasteiger partial charge < -0.3 is 21.3 Å². The van der Waals surface area contributed by atoms with Crippen molar-refractivity contribution in [2.75, 3.05) is 19.8 Å². The Morgan fingerprint density at radius 3 is 2.40 bits per heavy atom. The molecule has 1 saturated carbocycles. The molecule has 6 nitrogen and oxygen atoms in total. The van der Waals surface area contributed by atoms with Crippen LogP contribution in [0.4, 0.5) is 5.95 Å². The molecule has 4 aliphatic rings. The van der Waals surface area contributed by atoms with Gasteiger partial charge in [0.2, 0.25) is 5.95 Å². The maximum atomic E-state index is 12.1. The highest BCUT2D eigenvalue weighted by Gasteiger charge is 2.55. The third-order valence-corrected chi connectivity index (χ3v) is 9.35. The Bertz CT molecular complexity index is 1360. The van der Waals surface area contributed by atoms with Crippen LogP contribution in [0.15, 0.2) is 65.4 Å². The Balaban J connectivity index is 0.000000471. The van der Waals surface area contributed by atoms with E-state index in [0.717, 1.165) is 61.4 Å². The van der Waals surface area contributed by atoms with Gasteiger partial charge in [0.1, 0.15) is 0 Å². The van der Waals surface area contributed by atoms with Gasteiger partial charge in [0.05, 0.1) is 17.2 Å². The number of anilines is 1. The molecule has 0 bridgehead atoms. The van der Waals surface area contributed by atoms with Gasteiger partial charge in [-0.15, -0.1) is 0 Å². The molecule has 2 aromatic rings. The van der Waals surface area contributed by atoms with Crippen molar-refractivity contribution in [2.24, 2.45) is 17.3 Å². The van der Waals surface area contributed by atoms with E-state index in [4.69, 9.17) is 5.73 Å². The van der Waals surface area contributed by atoms with Gasteiger partial charge in [-0.25, -0.2) is 9.97 Å². The van der Waals surface area contributed by atoms with Crippen LogP contribution in [0.3, 0.4) is 0 Å². The predicted molar refractivity (Wildman–Crippen MR) is 194 cm³/mol. The lowest BCUT2D eigenvalue weighted by atomic mass is 9.58. The van der Waals surface area contributed by atoms with Crippen LogP contribution in [0, 0.1) is 17.3 Å². The summed E-state index contributed by atoms with van der Waals surface area (Å²) in [6, 6.07) is 6.30. The Labute approximate surface area is 274 Å². The number of aliphatic hydroxyl groups excluding tert-OH is 1.